The summed E-state index contributed by atoms with van der Waals surface area (Å²) in [6.07, 6.45) is 2.47. The molecule has 34 heavy (non-hydrogen) atoms. The minimum atomic E-state index is -3.52. The lowest BCUT2D eigenvalue weighted by atomic mass is 10.1. The summed E-state index contributed by atoms with van der Waals surface area (Å²) in [5, 5.41) is 3.28. The van der Waals surface area contributed by atoms with Crippen LogP contribution in [0.25, 0.3) is 0 Å². The van der Waals surface area contributed by atoms with E-state index in [0.717, 1.165) is 18.4 Å². The van der Waals surface area contributed by atoms with E-state index in [1.165, 1.54) is 13.2 Å². The van der Waals surface area contributed by atoms with E-state index in [4.69, 9.17) is 14.3 Å². The van der Waals surface area contributed by atoms with Gasteiger partial charge in [0.25, 0.3) is 0 Å². The molecule has 1 atom stereocenters. The van der Waals surface area contributed by atoms with Gasteiger partial charge >= 0.3 is 5.97 Å². The van der Waals surface area contributed by atoms with Crippen molar-refractivity contribution in [1.82, 2.24) is 4.72 Å². The number of hydrogen-bond acceptors (Lipinski definition) is 6. The molecule has 0 aliphatic carbocycles. The first-order valence-corrected chi connectivity index (χ1v) is 12.8. The summed E-state index contributed by atoms with van der Waals surface area (Å²) in [5.74, 6) is 0.209. The number of ether oxygens (including phenoxy) is 2. The summed E-state index contributed by atoms with van der Waals surface area (Å²) in [4.78, 5) is 12.5. The van der Waals surface area contributed by atoms with E-state index >= 15 is 0 Å². The maximum atomic E-state index is 13.6. The van der Waals surface area contributed by atoms with Gasteiger partial charge < -0.3 is 14.8 Å². The SMILES string of the molecule is CCCCNc1cc(C(=O)OC)cc(S(=N)(=O)NCCc2ccccc2)c1Oc1ccccc1. The summed E-state index contributed by atoms with van der Waals surface area (Å²) < 4.78 is 36.2. The maximum Gasteiger partial charge on any atom is 0.337 e. The number of para-hydroxylation sites is 1. The Morgan fingerprint density at radius 1 is 1.00 bits per heavy atom. The van der Waals surface area contributed by atoms with Crippen LogP contribution in [0.15, 0.2) is 77.7 Å². The Balaban J connectivity index is 2.01. The lowest BCUT2D eigenvalue weighted by molar-refractivity contribution is 0.0600. The summed E-state index contributed by atoms with van der Waals surface area (Å²) in [7, 11) is -2.23. The molecule has 3 rings (SSSR count). The smallest absolute Gasteiger partial charge is 0.337 e. The monoisotopic (exact) mass is 481 g/mol. The van der Waals surface area contributed by atoms with Crippen LogP contribution in [0.5, 0.6) is 11.5 Å². The highest BCUT2D eigenvalue weighted by Crippen LogP contribution is 2.38. The van der Waals surface area contributed by atoms with E-state index in [1.807, 2.05) is 48.5 Å². The molecule has 8 heteroatoms. The average Bonchev–Trinajstić information content (AvgIpc) is 2.85. The third-order valence-electron chi connectivity index (χ3n) is 5.16. The van der Waals surface area contributed by atoms with E-state index in [2.05, 4.69) is 17.0 Å². The summed E-state index contributed by atoms with van der Waals surface area (Å²) in [6.45, 7) is 3.02. The van der Waals surface area contributed by atoms with Gasteiger partial charge in [0, 0.05) is 13.1 Å². The number of anilines is 1. The lowest BCUT2D eigenvalue weighted by Crippen LogP contribution is -2.26. The number of methoxy groups -OCH3 is 1. The predicted octanol–water partition coefficient (Wildman–Crippen LogP) is 5.63. The van der Waals surface area contributed by atoms with Gasteiger partial charge in [0.05, 0.1) is 18.4 Å². The molecule has 3 N–H and O–H groups in total. The molecule has 180 valence electrons. The molecule has 0 aliphatic rings. The van der Waals surface area contributed by atoms with Crippen molar-refractivity contribution in [3.63, 3.8) is 0 Å². The Kier molecular flexibility index (Phi) is 9.07. The van der Waals surface area contributed by atoms with Crippen molar-refractivity contribution < 1.29 is 18.5 Å². The topological polar surface area (TPSA) is 101 Å². The van der Waals surface area contributed by atoms with E-state index in [1.54, 1.807) is 18.2 Å². The van der Waals surface area contributed by atoms with Crippen molar-refractivity contribution in [3.05, 3.63) is 83.9 Å². The third kappa shape index (κ3) is 6.82. The molecule has 0 aliphatic heterocycles. The van der Waals surface area contributed by atoms with E-state index in [0.29, 0.717) is 30.9 Å². The van der Waals surface area contributed by atoms with Gasteiger partial charge in [-0.3, -0.25) is 0 Å². The molecular formula is C26H31N3O4S. The molecule has 1 unspecified atom stereocenters. The molecule has 7 nitrogen and oxygen atoms in total. The van der Waals surface area contributed by atoms with Crippen LogP contribution in [0.1, 0.15) is 35.7 Å². The van der Waals surface area contributed by atoms with Crippen LogP contribution in [0.4, 0.5) is 5.69 Å². The molecule has 0 saturated heterocycles. The van der Waals surface area contributed by atoms with Crippen molar-refractivity contribution >= 4 is 21.6 Å². The molecule has 0 spiro atoms. The second kappa shape index (κ2) is 12.2. The van der Waals surface area contributed by atoms with E-state index in [-0.39, 0.29) is 16.2 Å². The molecule has 0 aromatic heterocycles. The Hall–Kier alpha value is -3.36. The molecule has 0 heterocycles. The Bertz CT molecular complexity index is 1180. The first-order valence-electron chi connectivity index (χ1n) is 11.2. The summed E-state index contributed by atoms with van der Waals surface area (Å²) >= 11 is 0. The fraction of sp³-hybridized carbons (Fsp3) is 0.269. The van der Waals surface area contributed by atoms with Crippen molar-refractivity contribution in [3.8, 4) is 11.5 Å². The van der Waals surface area contributed by atoms with Crippen LogP contribution in [-0.4, -0.2) is 30.4 Å². The van der Waals surface area contributed by atoms with Crippen molar-refractivity contribution in [2.45, 2.75) is 31.1 Å². The first-order chi connectivity index (χ1) is 16.4. The second-order valence-electron chi connectivity index (χ2n) is 7.72. The predicted molar refractivity (Wildman–Crippen MR) is 135 cm³/mol. The Labute approximate surface area is 201 Å². The Morgan fingerprint density at radius 2 is 1.68 bits per heavy atom. The summed E-state index contributed by atoms with van der Waals surface area (Å²) in [6, 6.07) is 21.9. The molecule has 3 aromatic rings. The van der Waals surface area contributed by atoms with Gasteiger partial charge in [0.1, 0.15) is 20.6 Å². The zero-order valence-corrected chi connectivity index (χ0v) is 20.3. The lowest BCUT2D eigenvalue weighted by Gasteiger charge is -2.20. The largest absolute Gasteiger partial charge is 0.465 e. The number of hydrogen-bond donors (Lipinski definition) is 3. The van der Waals surface area contributed by atoms with Gasteiger partial charge in [-0.05, 0) is 42.7 Å². The van der Waals surface area contributed by atoms with Gasteiger partial charge in [-0.1, -0.05) is 61.9 Å². The van der Waals surface area contributed by atoms with Crippen LogP contribution in [0.3, 0.4) is 0 Å². The van der Waals surface area contributed by atoms with Gasteiger partial charge in [-0.2, -0.15) is 0 Å². The molecule has 0 amide bonds. The Morgan fingerprint density at radius 3 is 2.32 bits per heavy atom. The highest BCUT2D eigenvalue weighted by Gasteiger charge is 2.24. The van der Waals surface area contributed by atoms with Crippen LogP contribution in [0, 0.1) is 4.78 Å². The van der Waals surface area contributed by atoms with Crippen LogP contribution < -0.4 is 14.8 Å². The van der Waals surface area contributed by atoms with E-state index < -0.39 is 15.9 Å². The second-order valence-corrected chi connectivity index (χ2v) is 9.57. The standard InChI is InChI=1S/C26H31N3O4S/c1-3-4-16-28-23-18-21(26(30)32-2)19-24(25(23)33-22-13-9-6-10-14-22)34(27,31)29-17-15-20-11-7-5-8-12-20/h5-14,18-19,28H,3-4,15-17H2,1-2H3,(H2,27,29,31). The fourth-order valence-corrected chi connectivity index (χ4v) is 4.61. The van der Waals surface area contributed by atoms with Crippen molar-refractivity contribution in [1.29, 1.82) is 4.78 Å². The molecule has 0 saturated carbocycles. The van der Waals surface area contributed by atoms with E-state index in [9.17, 15) is 9.00 Å². The molecule has 3 aromatic carbocycles. The number of carbonyl (C=O) groups is 1. The van der Waals surface area contributed by atoms with Crippen LogP contribution in [0.2, 0.25) is 0 Å². The molecular weight excluding hydrogens is 450 g/mol. The minimum absolute atomic E-state index is 0.0892. The summed E-state index contributed by atoms with van der Waals surface area (Å²) in [5.41, 5.74) is 1.75. The van der Waals surface area contributed by atoms with Crippen molar-refractivity contribution in [2.75, 3.05) is 25.5 Å². The average molecular weight is 482 g/mol. The van der Waals surface area contributed by atoms with Crippen molar-refractivity contribution in [2.24, 2.45) is 0 Å². The number of esters is 1. The molecule has 0 bridgehead atoms. The highest BCUT2D eigenvalue weighted by molar-refractivity contribution is 7.90. The molecule has 0 radical (unpaired) electrons. The number of carbonyl (C=O) groups excluding carboxylic acids is 1. The van der Waals surface area contributed by atoms with Crippen LogP contribution in [-0.2, 0) is 21.1 Å². The zero-order valence-electron chi connectivity index (χ0n) is 19.5. The number of benzene rings is 3. The third-order valence-corrected chi connectivity index (χ3v) is 6.69. The first kappa shape index (κ1) is 25.3. The number of rotatable bonds is 12. The molecule has 0 fully saturated rings. The highest BCUT2D eigenvalue weighted by atomic mass is 32.2. The number of nitrogens with one attached hydrogen (secondary N) is 3. The number of unbranched alkanes of at least 4 members (excludes halogenated alkanes) is 1. The fourth-order valence-electron chi connectivity index (χ4n) is 3.36. The van der Waals surface area contributed by atoms with Gasteiger partial charge in [0.15, 0.2) is 5.75 Å². The van der Waals surface area contributed by atoms with Crippen LogP contribution >= 0.6 is 0 Å². The quantitative estimate of drug-likeness (QED) is 0.230. The minimum Gasteiger partial charge on any atom is -0.465 e. The maximum absolute atomic E-state index is 13.6. The zero-order chi connectivity index (χ0) is 24.4. The van der Waals surface area contributed by atoms with Gasteiger partial charge in [0.2, 0.25) is 0 Å². The van der Waals surface area contributed by atoms with Gasteiger partial charge in [-0.15, -0.1) is 0 Å². The van der Waals surface area contributed by atoms with Gasteiger partial charge in [-0.25, -0.2) is 18.5 Å². The normalized spacial score (nSPS) is 12.5.